The van der Waals surface area contributed by atoms with Crippen LogP contribution in [0.15, 0.2) is 72.9 Å². The first-order valence-corrected chi connectivity index (χ1v) is 20.6. The molecular formula is C40H71N2O6P. The van der Waals surface area contributed by atoms with Crippen LogP contribution in [0, 0.1) is 0 Å². The van der Waals surface area contributed by atoms with E-state index in [-0.39, 0.29) is 25.7 Å². The number of aliphatic hydroxyl groups is 1. The maximum absolute atomic E-state index is 12.7. The number of carbonyl (C=O) groups is 1. The third kappa shape index (κ3) is 34.2. The summed E-state index contributed by atoms with van der Waals surface area (Å²) in [6.07, 6.45) is 45.2. The van der Waals surface area contributed by atoms with E-state index in [4.69, 9.17) is 14.8 Å². The number of hydrogen-bond acceptors (Lipinski definition) is 6. The Morgan fingerprint density at radius 3 is 1.73 bits per heavy atom. The summed E-state index contributed by atoms with van der Waals surface area (Å²) in [7, 11) is -4.34. The number of nitrogens with two attached hydrogens (primary N) is 1. The first kappa shape index (κ1) is 46.9. The van der Waals surface area contributed by atoms with Crippen molar-refractivity contribution in [3.05, 3.63) is 72.9 Å². The molecule has 3 atom stereocenters. The molecule has 0 radical (unpaired) electrons. The van der Waals surface area contributed by atoms with Gasteiger partial charge >= 0.3 is 7.82 Å². The van der Waals surface area contributed by atoms with Crippen molar-refractivity contribution in [2.45, 2.75) is 154 Å². The summed E-state index contributed by atoms with van der Waals surface area (Å²) in [5.41, 5.74) is 5.35. The third-order valence-electron chi connectivity index (χ3n) is 7.79. The van der Waals surface area contributed by atoms with Crippen molar-refractivity contribution in [3.8, 4) is 0 Å². The first-order valence-electron chi connectivity index (χ1n) is 19.1. The van der Waals surface area contributed by atoms with Gasteiger partial charge in [0.15, 0.2) is 0 Å². The molecule has 0 aliphatic carbocycles. The number of unbranched alkanes of at least 4 members (excludes halogenated alkanes) is 12. The SMILES string of the molecule is CC/C=C\C/C=C\C/C=C\C/C=C\C/C=C\CCCCCC(=O)NC(COP(=O)(O)OCCN)C(O)/C=C/CCCCCCCCCCC. The molecule has 0 aromatic carbocycles. The minimum absolute atomic E-state index is 0.0688. The Morgan fingerprint density at radius 2 is 1.18 bits per heavy atom. The van der Waals surface area contributed by atoms with Gasteiger partial charge in [0.1, 0.15) is 0 Å². The molecule has 0 bridgehead atoms. The minimum Gasteiger partial charge on any atom is -0.387 e. The Balaban J connectivity index is 4.37. The van der Waals surface area contributed by atoms with E-state index in [0.717, 1.165) is 70.6 Å². The quantitative estimate of drug-likeness (QED) is 0.0298. The highest BCUT2D eigenvalue weighted by Crippen LogP contribution is 2.43. The van der Waals surface area contributed by atoms with Gasteiger partial charge in [-0.25, -0.2) is 4.57 Å². The number of amides is 1. The van der Waals surface area contributed by atoms with Crippen LogP contribution in [-0.2, 0) is 18.4 Å². The zero-order chi connectivity index (χ0) is 36.1. The summed E-state index contributed by atoms with van der Waals surface area (Å²) in [5, 5.41) is 13.6. The highest BCUT2D eigenvalue weighted by Gasteiger charge is 2.26. The Bertz CT molecular complexity index is 991. The Kier molecular flexibility index (Phi) is 34.3. The summed E-state index contributed by atoms with van der Waals surface area (Å²) >= 11 is 0. The molecule has 8 nitrogen and oxygen atoms in total. The Hall–Kier alpha value is -2.06. The molecule has 0 saturated carbocycles. The van der Waals surface area contributed by atoms with Crippen molar-refractivity contribution in [3.63, 3.8) is 0 Å². The van der Waals surface area contributed by atoms with Crippen LogP contribution in [0.25, 0.3) is 0 Å². The van der Waals surface area contributed by atoms with Gasteiger partial charge in [-0.2, -0.15) is 0 Å². The number of allylic oxidation sites excluding steroid dienone is 11. The molecule has 5 N–H and O–H groups in total. The standard InChI is InChI=1S/C40H71N2O6P/c1-3-5-7-9-11-13-15-16-17-18-19-20-21-22-24-26-28-30-32-34-40(44)42-38(37-48-49(45,46)47-36-35-41)39(43)33-31-29-27-25-23-14-12-10-8-6-4-2/h5,7,11,13,16-17,19-20,22,24,31,33,38-39,43H,3-4,6,8-10,12,14-15,18,21,23,25-30,32,34-37,41H2,1-2H3,(H,42,44)(H,45,46)/b7-5-,13-11-,17-16-,20-19-,24-22-,33-31+. The van der Waals surface area contributed by atoms with Crippen molar-refractivity contribution in [1.82, 2.24) is 5.32 Å². The van der Waals surface area contributed by atoms with E-state index in [9.17, 15) is 19.4 Å². The van der Waals surface area contributed by atoms with Gasteiger partial charge in [0.25, 0.3) is 0 Å². The van der Waals surface area contributed by atoms with Gasteiger partial charge in [0.2, 0.25) is 5.91 Å². The van der Waals surface area contributed by atoms with Crippen molar-refractivity contribution >= 4 is 13.7 Å². The lowest BCUT2D eigenvalue weighted by Crippen LogP contribution is -2.45. The number of hydrogen-bond donors (Lipinski definition) is 4. The molecule has 282 valence electrons. The third-order valence-corrected chi connectivity index (χ3v) is 8.77. The van der Waals surface area contributed by atoms with Crippen molar-refractivity contribution < 1.29 is 28.4 Å². The molecule has 0 heterocycles. The minimum atomic E-state index is -4.34. The molecule has 3 unspecified atom stereocenters. The molecular weight excluding hydrogens is 635 g/mol. The van der Waals surface area contributed by atoms with Gasteiger partial charge in [0.05, 0.1) is 25.4 Å². The predicted molar refractivity (Wildman–Crippen MR) is 207 cm³/mol. The summed E-state index contributed by atoms with van der Waals surface area (Å²) < 4.78 is 22.0. The molecule has 49 heavy (non-hydrogen) atoms. The average molecular weight is 707 g/mol. The van der Waals surface area contributed by atoms with E-state index in [1.165, 1.54) is 44.9 Å². The fourth-order valence-electron chi connectivity index (χ4n) is 4.92. The number of phosphoric ester groups is 1. The maximum Gasteiger partial charge on any atom is 0.472 e. The van der Waals surface area contributed by atoms with Crippen LogP contribution < -0.4 is 11.1 Å². The van der Waals surface area contributed by atoms with Crippen molar-refractivity contribution in [1.29, 1.82) is 0 Å². The van der Waals surface area contributed by atoms with E-state index in [1.807, 2.05) is 6.08 Å². The molecule has 1 amide bonds. The predicted octanol–water partition coefficient (Wildman–Crippen LogP) is 10.1. The fraction of sp³-hybridized carbons (Fsp3) is 0.675. The molecule has 0 saturated heterocycles. The first-order chi connectivity index (χ1) is 23.9. The maximum atomic E-state index is 12.7. The molecule has 0 spiro atoms. The normalized spacial score (nSPS) is 15.1. The van der Waals surface area contributed by atoms with Gasteiger partial charge in [-0.3, -0.25) is 13.8 Å². The van der Waals surface area contributed by atoms with Gasteiger partial charge < -0.3 is 21.1 Å². The van der Waals surface area contributed by atoms with Gasteiger partial charge in [-0.15, -0.1) is 0 Å². The molecule has 0 aromatic heterocycles. The van der Waals surface area contributed by atoms with Crippen molar-refractivity contribution in [2.24, 2.45) is 5.73 Å². The van der Waals surface area contributed by atoms with Crippen LogP contribution in [0.1, 0.15) is 142 Å². The monoisotopic (exact) mass is 707 g/mol. The largest absolute Gasteiger partial charge is 0.472 e. The molecule has 0 rings (SSSR count). The second-order valence-electron chi connectivity index (χ2n) is 12.4. The van der Waals surface area contributed by atoms with Crippen LogP contribution in [0.2, 0.25) is 0 Å². The van der Waals surface area contributed by atoms with Gasteiger partial charge in [0, 0.05) is 13.0 Å². The van der Waals surface area contributed by atoms with E-state index in [0.29, 0.717) is 12.8 Å². The number of phosphoric acid groups is 1. The topological polar surface area (TPSA) is 131 Å². The highest BCUT2D eigenvalue weighted by molar-refractivity contribution is 7.47. The smallest absolute Gasteiger partial charge is 0.387 e. The summed E-state index contributed by atoms with van der Waals surface area (Å²) in [5.74, 6) is -0.231. The van der Waals surface area contributed by atoms with Crippen LogP contribution in [0.5, 0.6) is 0 Å². The van der Waals surface area contributed by atoms with Crippen LogP contribution >= 0.6 is 7.82 Å². The number of carbonyl (C=O) groups excluding carboxylic acids is 1. The number of rotatable bonds is 34. The average Bonchev–Trinajstić information content (AvgIpc) is 3.09. The second-order valence-corrected chi connectivity index (χ2v) is 13.9. The van der Waals surface area contributed by atoms with E-state index in [2.05, 4.69) is 79.9 Å². The Labute approximate surface area is 299 Å². The van der Waals surface area contributed by atoms with Crippen LogP contribution in [0.4, 0.5) is 0 Å². The molecule has 0 aromatic rings. The molecule has 9 heteroatoms. The lowest BCUT2D eigenvalue weighted by Gasteiger charge is -2.23. The zero-order valence-corrected chi connectivity index (χ0v) is 31.8. The van der Waals surface area contributed by atoms with Gasteiger partial charge in [-0.1, -0.05) is 145 Å². The van der Waals surface area contributed by atoms with Crippen LogP contribution in [-0.4, -0.2) is 47.8 Å². The van der Waals surface area contributed by atoms with E-state index < -0.39 is 20.0 Å². The number of aliphatic hydroxyl groups excluding tert-OH is 1. The second kappa shape index (κ2) is 35.8. The Morgan fingerprint density at radius 1 is 0.694 bits per heavy atom. The van der Waals surface area contributed by atoms with Crippen LogP contribution in [0.3, 0.4) is 0 Å². The molecule has 0 aliphatic rings. The van der Waals surface area contributed by atoms with Gasteiger partial charge in [-0.05, 0) is 64.2 Å². The lowest BCUT2D eigenvalue weighted by molar-refractivity contribution is -0.123. The fourth-order valence-corrected chi connectivity index (χ4v) is 5.68. The van der Waals surface area contributed by atoms with E-state index >= 15 is 0 Å². The molecule has 0 aliphatic heterocycles. The number of nitrogens with one attached hydrogen (secondary N) is 1. The summed E-state index contributed by atoms with van der Waals surface area (Å²) in [6.45, 7) is 3.95. The zero-order valence-electron chi connectivity index (χ0n) is 30.9. The molecule has 0 fully saturated rings. The lowest BCUT2D eigenvalue weighted by atomic mass is 10.1. The van der Waals surface area contributed by atoms with E-state index in [1.54, 1.807) is 6.08 Å². The van der Waals surface area contributed by atoms with Crippen molar-refractivity contribution in [2.75, 3.05) is 19.8 Å². The summed E-state index contributed by atoms with van der Waals surface area (Å²) in [4.78, 5) is 22.6. The highest BCUT2D eigenvalue weighted by atomic mass is 31.2. The summed E-state index contributed by atoms with van der Waals surface area (Å²) in [6, 6.07) is -0.880.